The van der Waals surface area contributed by atoms with Crippen molar-refractivity contribution in [3.8, 4) is 0 Å². The zero-order chi connectivity index (χ0) is 12.4. The van der Waals surface area contributed by atoms with Crippen LogP contribution in [0.5, 0.6) is 0 Å². The number of nitrogens with zero attached hydrogens (tertiary/aromatic N) is 3. The zero-order valence-corrected chi connectivity index (χ0v) is 9.21. The number of aromatic amines is 1. The van der Waals surface area contributed by atoms with Crippen molar-refractivity contribution in [2.24, 2.45) is 0 Å². The molecule has 0 aromatic carbocycles. The number of hydrogen-bond donors (Lipinski definition) is 2. The molecule has 0 spiro atoms. The molecule has 0 aliphatic carbocycles. The molecule has 1 aliphatic rings. The van der Waals surface area contributed by atoms with E-state index in [9.17, 15) is 14.7 Å². The Bertz CT molecular complexity index is 444. The summed E-state index contributed by atoms with van der Waals surface area (Å²) < 4.78 is 4.73. The SMILES string of the molecule is CCOC(=O)c1nc(N2CC(O)CC2=O)n[nH]1. The number of rotatable bonds is 3. The molecule has 92 valence electrons. The molecule has 1 aromatic rings. The number of carbonyl (C=O) groups excluding carboxylic acids is 2. The van der Waals surface area contributed by atoms with Crippen molar-refractivity contribution in [2.45, 2.75) is 19.4 Å². The molecule has 8 heteroatoms. The third kappa shape index (κ3) is 2.26. The van der Waals surface area contributed by atoms with Crippen LogP contribution >= 0.6 is 0 Å². The van der Waals surface area contributed by atoms with E-state index < -0.39 is 12.1 Å². The quantitative estimate of drug-likeness (QED) is 0.661. The molecule has 8 nitrogen and oxygen atoms in total. The van der Waals surface area contributed by atoms with Crippen LogP contribution in [-0.4, -0.2) is 51.4 Å². The molecule has 1 amide bonds. The Morgan fingerprint density at radius 1 is 1.71 bits per heavy atom. The minimum absolute atomic E-state index is 0.0449. The van der Waals surface area contributed by atoms with Crippen molar-refractivity contribution in [1.82, 2.24) is 15.2 Å². The number of esters is 1. The molecule has 0 radical (unpaired) electrons. The van der Waals surface area contributed by atoms with Crippen LogP contribution in [-0.2, 0) is 9.53 Å². The second-order valence-electron chi connectivity index (χ2n) is 3.57. The van der Waals surface area contributed by atoms with Crippen LogP contribution in [0.3, 0.4) is 0 Å². The van der Waals surface area contributed by atoms with E-state index in [1.807, 2.05) is 0 Å². The number of aromatic nitrogens is 3. The van der Waals surface area contributed by atoms with E-state index in [0.717, 1.165) is 0 Å². The Kier molecular flexibility index (Phi) is 3.05. The maximum atomic E-state index is 11.4. The van der Waals surface area contributed by atoms with Crippen LogP contribution in [0.4, 0.5) is 5.95 Å². The van der Waals surface area contributed by atoms with E-state index in [0.29, 0.717) is 0 Å². The molecule has 2 heterocycles. The highest BCUT2D eigenvalue weighted by Crippen LogP contribution is 2.17. The van der Waals surface area contributed by atoms with Gasteiger partial charge in [0.2, 0.25) is 11.7 Å². The van der Waals surface area contributed by atoms with E-state index >= 15 is 0 Å². The summed E-state index contributed by atoms with van der Waals surface area (Å²) in [6, 6.07) is 0. The fraction of sp³-hybridized carbons (Fsp3) is 0.556. The maximum Gasteiger partial charge on any atom is 0.375 e. The first-order valence-corrected chi connectivity index (χ1v) is 5.19. The molecule has 1 fully saturated rings. The van der Waals surface area contributed by atoms with Gasteiger partial charge in [-0.05, 0) is 6.92 Å². The van der Waals surface area contributed by atoms with E-state index in [2.05, 4.69) is 15.2 Å². The van der Waals surface area contributed by atoms with Gasteiger partial charge in [-0.3, -0.25) is 14.8 Å². The van der Waals surface area contributed by atoms with Crippen molar-refractivity contribution >= 4 is 17.8 Å². The van der Waals surface area contributed by atoms with E-state index in [4.69, 9.17) is 4.74 Å². The van der Waals surface area contributed by atoms with Crippen LogP contribution in [0.25, 0.3) is 0 Å². The molecule has 1 atom stereocenters. The fourth-order valence-corrected chi connectivity index (χ4v) is 1.55. The van der Waals surface area contributed by atoms with Crippen molar-refractivity contribution in [3.63, 3.8) is 0 Å². The summed E-state index contributed by atoms with van der Waals surface area (Å²) in [6.07, 6.45) is -0.671. The van der Waals surface area contributed by atoms with Crippen LogP contribution in [0.15, 0.2) is 0 Å². The number of amides is 1. The van der Waals surface area contributed by atoms with E-state index in [1.54, 1.807) is 6.92 Å². The van der Waals surface area contributed by atoms with Crippen molar-refractivity contribution in [2.75, 3.05) is 18.1 Å². The van der Waals surface area contributed by atoms with E-state index in [-0.39, 0.29) is 37.3 Å². The summed E-state index contributed by atoms with van der Waals surface area (Å²) in [6.45, 7) is 2.05. The van der Waals surface area contributed by atoms with Gasteiger partial charge in [-0.15, -0.1) is 5.10 Å². The maximum absolute atomic E-state index is 11.4. The summed E-state index contributed by atoms with van der Waals surface area (Å²) in [7, 11) is 0. The average Bonchev–Trinajstić information content (AvgIpc) is 2.85. The Morgan fingerprint density at radius 3 is 3.06 bits per heavy atom. The van der Waals surface area contributed by atoms with Crippen LogP contribution in [0.2, 0.25) is 0 Å². The molecule has 1 saturated heterocycles. The largest absolute Gasteiger partial charge is 0.460 e. The lowest BCUT2D eigenvalue weighted by atomic mass is 10.3. The van der Waals surface area contributed by atoms with Crippen molar-refractivity contribution in [1.29, 1.82) is 0 Å². The number of ether oxygens (including phenoxy) is 1. The molecule has 0 saturated carbocycles. The number of nitrogens with one attached hydrogen (secondary N) is 1. The Balaban J connectivity index is 2.13. The van der Waals surface area contributed by atoms with Gasteiger partial charge in [0.25, 0.3) is 5.95 Å². The molecule has 2 rings (SSSR count). The predicted octanol–water partition coefficient (Wildman–Crippen LogP) is -0.921. The van der Waals surface area contributed by atoms with Gasteiger partial charge in [-0.1, -0.05) is 0 Å². The molecular formula is C9H12N4O4. The summed E-state index contributed by atoms with van der Waals surface area (Å²) in [5.74, 6) is -0.879. The summed E-state index contributed by atoms with van der Waals surface area (Å²) in [5, 5.41) is 15.4. The highest BCUT2D eigenvalue weighted by molar-refractivity contribution is 5.95. The first kappa shape index (κ1) is 11.5. The molecule has 1 aromatic heterocycles. The normalized spacial score (nSPS) is 19.8. The minimum atomic E-state index is -0.716. The third-order valence-corrected chi connectivity index (χ3v) is 2.29. The van der Waals surface area contributed by atoms with Crippen molar-refractivity contribution in [3.05, 3.63) is 5.82 Å². The van der Waals surface area contributed by atoms with Gasteiger partial charge in [0, 0.05) is 0 Å². The number of anilines is 1. The number of H-pyrrole nitrogens is 1. The molecule has 1 unspecified atom stereocenters. The molecule has 17 heavy (non-hydrogen) atoms. The van der Waals surface area contributed by atoms with Gasteiger partial charge in [0.05, 0.1) is 25.7 Å². The van der Waals surface area contributed by atoms with Gasteiger partial charge in [0.1, 0.15) is 0 Å². The Morgan fingerprint density at radius 2 is 2.47 bits per heavy atom. The first-order chi connectivity index (χ1) is 8.11. The van der Waals surface area contributed by atoms with Gasteiger partial charge in [-0.25, -0.2) is 4.79 Å². The monoisotopic (exact) mass is 240 g/mol. The van der Waals surface area contributed by atoms with Gasteiger partial charge >= 0.3 is 5.97 Å². The minimum Gasteiger partial charge on any atom is -0.460 e. The smallest absolute Gasteiger partial charge is 0.375 e. The molecule has 2 N–H and O–H groups in total. The summed E-state index contributed by atoms with van der Waals surface area (Å²) in [4.78, 5) is 27.8. The van der Waals surface area contributed by atoms with Gasteiger partial charge < -0.3 is 9.84 Å². The van der Waals surface area contributed by atoms with Crippen LogP contribution in [0.1, 0.15) is 24.0 Å². The lowest BCUT2D eigenvalue weighted by Crippen LogP contribution is -2.26. The average molecular weight is 240 g/mol. The summed E-state index contributed by atoms with van der Waals surface area (Å²) >= 11 is 0. The highest BCUT2D eigenvalue weighted by atomic mass is 16.5. The topological polar surface area (TPSA) is 108 Å². The number of hydrogen-bond acceptors (Lipinski definition) is 6. The molecule has 1 aliphatic heterocycles. The lowest BCUT2D eigenvalue weighted by molar-refractivity contribution is -0.117. The third-order valence-electron chi connectivity index (χ3n) is 2.29. The number of carbonyl (C=O) groups is 2. The van der Waals surface area contributed by atoms with Crippen LogP contribution < -0.4 is 4.90 Å². The Hall–Kier alpha value is -1.96. The highest BCUT2D eigenvalue weighted by Gasteiger charge is 2.32. The fourth-order valence-electron chi connectivity index (χ4n) is 1.55. The van der Waals surface area contributed by atoms with Crippen molar-refractivity contribution < 1.29 is 19.4 Å². The number of aliphatic hydroxyl groups is 1. The molecule has 0 bridgehead atoms. The zero-order valence-electron chi connectivity index (χ0n) is 9.21. The van der Waals surface area contributed by atoms with Crippen LogP contribution in [0, 0.1) is 0 Å². The van der Waals surface area contributed by atoms with Gasteiger partial charge in [0.15, 0.2) is 0 Å². The summed E-state index contributed by atoms with van der Waals surface area (Å²) in [5.41, 5.74) is 0. The van der Waals surface area contributed by atoms with Gasteiger partial charge in [-0.2, -0.15) is 4.98 Å². The first-order valence-electron chi connectivity index (χ1n) is 5.19. The van der Waals surface area contributed by atoms with E-state index in [1.165, 1.54) is 4.90 Å². The lowest BCUT2D eigenvalue weighted by Gasteiger charge is -2.09. The second kappa shape index (κ2) is 4.50. The standard InChI is InChI=1S/C9H12N4O4/c1-2-17-8(16)7-10-9(12-11-7)13-4-5(14)3-6(13)15/h5,14H,2-4H2,1H3,(H,10,11,12). The number of β-amino-alcohol motifs (C(OH)–C–C–N with tert-alkyl or cyclic N) is 1. The Labute approximate surface area is 96.6 Å². The second-order valence-corrected chi connectivity index (χ2v) is 3.57. The molecular weight excluding hydrogens is 228 g/mol. The number of aliphatic hydroxyl groups excluding tert-OH is 1. The predicted molar refractivity (Wildman–Crippen MR) is 55.3 cm³/mol.